The van der Waals surface area contributed by atoms with Crippen molar-refractivity contribution >= 4 is 0 Å². The first kappa shape index (κ1) is 14.6. The molecule has 2 rings (SSSR count). The van der Waals surface area contributed by atoms with Crippen LogP contribution in [0.2, 0.25) is 0 Å². The summed E-state index contributed by atoms with van der Waals surface area (Å²) in [6.07, 6.45) is 5.75. The predicted octanol–water partition coefficient (Wildman–Crippen LogP) is 3.40. The summed E-state index contributed by atoms with van der Waals surface area (Å²) in [6, 6.07) is 2.10. The van der Waals surface area contributed by atoms with Gasteiger partial charge in [-0.1, -0.05) is 20.8 Å². The molecule has 0 atom stereocenters. The Balaban J connectivity index is 1.92. The minimum atomic E-state index is 0.504. The minimum Gasteiger partial charge on any atom is -0.468 e. The van der Waals surface area contributed by atoms with Crippen molar-refractivity contribution in [2.75, 3.05) is 19.6 Å². The third-order valence-electron chi connectivity index (χ3n) is 4.20. The molecule has 0 aromatic carbocycles. The molecule has 1 aromatic heterocycles. The average molecular weight is 264 g/mol. The number of nitrogens with zero attached hydrogens (tertiary/aromatic N) is 1. The van der Waals surface area contributed by atoms with Crippen molar-refractivity contribution in [1.29, 1.82) is 0 Å². The summed E-state index contributed by atoms with van der Waals surface area (Å²) in [7, 11) is 0. The SMILES string of the molecule is CCNCc1ccoc1CN1CCCC(C)(C)CC1. The monoisotopic (exact) mass is 264 g/mol. The number of hydrogen-bond acceptors (Lipinski definition) is 3. The van der Waals surface area contributed by atoms with E-state index in [0.717, 1.165) is 25.4 Å². The molecule has 0 aliphatic carbocycles. The molecule has 1 aliphatic heterocycles. The second-order valence-electron chi connectivity index (χ2n) is 6.44. The summed E-state index contributed by atoms with van der Waals surface area (Å²) >= 11 is 0. The van der Waals surface area contributed by atoms with Crippen molar-refractivity contribution in [3.05, 3.63) is 23.7 Å². The smallest absolute Gasteiger partial charge is 0.122 e. The summed E-state index contributed by atoms with van der Waals surface area (Å²) in [4.78, 5) is 2.54. The maximum Gasteiger partial charge on any atom is 0.122 e. The number of furan rings is 1. The Bertz CT molecular complexity index is 384. The lowest BCUT2D eigenvalue weighted by molar-refractivity contribution is 0.237. The highest BCUT2D eigenvalue weighted by molar-refractivity contribution is 5.16. The molecular weight excluding hydrogens is 236 g/mol. The quantitative estimate of drug-likeness (QED) is 0.883. The van der Waals surface area contributed by atoms with Gasteiger partial charge in [0.05, 0.1) is 12.8 Å². The molecule has 0 amide bonds. The van der Waals surface area contributed by atoms with Gasteiger partial charge in [0, 0.05) is 12.1 Å². The van der Waals surface area contributed by atoms with E-state index in [2.05, 4.69) is 37.1 Å². The average Bonchev–Trinajstić information content (AvgIpc) is 2.72. The minimum absolute atomic E-state index is 0.504. The van der Waals surface area contributed by atoms with Gasteiger partial charge in [0.2, 0.25) is 0 Å². The lowest BCUT2D eigenvalue weighted by atomic mass is 9.85. The molecule has 0 saturated carbocycles. The molecule has 2 heterocycles. The Morgan fingerprint density at radius 1 is 1.32 bits per heavy atom. The van der Waals surface area contributed by atoms with E-state index in [0.29, 0.717) is 5.41 Å². The van der Waals surface area contributed by atoms with E-state index in [9.17, 15) is 0 Å². The zero-order valence-corrected chi connectivity index (χ0v) is 12.7. The molecule has 1 N–H and O–H groups in total. The summed E-state index contributed by atoms with van der Waals surface area (Å²) in [5.74, 6) is 1.14. The van der Waals surface area contributed by atoms with Gasteiger partial charge in [-0.05, 0) is 50.4 Å². The Labute approximate surface area is 117 Å². The molecule has 0 radical (unpaired) electrons. The molecule has 3 nitrogen and oxygen atoms in total. The van der Waals surface area contributed by atoms with Crippen LogP contribution in [0.5, 0.6) is 0 Å². The van der Waals surface area contributed by atoms with E-state index in [4.69, 9.17) is 4.42 Å². The van der Waals surface area contributed by atoms with Gasteiger partial charge in [0.1, 0.15) is 5.76 Å². The van der Waals surface area contributed by atoms with Gasteiger partial charge in [-0.3, -0.25) is 4.90 Å². The van der Waals surface area contributed by atoms with Crippen LogP contribution < -0.4 is 5.32 Å². The van der Waals surface area contributed by atoms with Gasteiger partial charge in [0.25, 0.3) is 0 Å². The molecule has 0 spiro atoms. The fourth-order valence-corrected chi connectivity index (χ4v) is 2.76. The number of likely N-dealkylation sites (tertiary alicyclic amines) is 1. The summed E-state index contributed by atoms with van der Waals surface area (Å²) in [6.45, 7) is 12.2. The second-order valence-corrected chi connectivity index (χ2v) is 6.44. The standard InChI is InChI=1S/C16H28N2O/c1-4-17-12-14-6-11-19-15(14)13-18-9-5-7-16(2,3)8-10-18/h6,11,17H,4-5,7-10,12-13H2,1-3H3. The van der Waals surface area contributed by atoms with Crippen LogP contribution >= 0.6 is 0 Å². The molecule has 19 heavy (non-hydrogen) atoms. The van der Waals surface area contributed by atoms with Gasteiger partial charge in [0.15, 0.2) is 0 Å². The lowest BCUT2D eigenvalue weighted by Gasteiger charge is -2.23. The van der Waals surface area contributed by atoms with Crippen molar-refractivity contribution in [3.63, 3.8) is 0 Å². The first-order chi connectivity index (χ1) is 9.11. The zero-order chi connectivity index (χ0) is 13.7. The zero-order valence-electron chi connectivity index (χ0n) is 12.7. The van der Waals surface area contributed by atoms with E-state index in [1.165, 1.54) is 37.9 Å². The Morgan fingerprint density at radius 3 is 2.95 bits per heavy atom. The van der Waals surface area contributed by atoms with Crippen LogP contribution in [-0.4, -0.2) is 24.5 Å². The van der Waals surface area contributed by atoms with Gasteiger partial charge >= 0.3 is 0 Å². The molecule has 1 fully saturated rings. The van der Waals surface area contributed by atoms with Crippen LogP contribution in [-0.2, 0) is 13.1 Å². The molecule has 108 valence electrons. The van der Waals surface area contributed by atoms with E-state index < -0.39 is 0 Å². The molecule has 0 unspecified atom stereocenters. The van der Waals surface area contributed by atoms with Gasteiger partial charge < -0.3 is 9.73 Å². The van der Waals surface area contributed by atoms with Crippen molar-refractivity contribution in [3.8, 4) is 0 Å². The van der Waals surface area contributed by atoms with Gasteiger partial charge in [-0.25, -0.2) is 0 Å². The topological polar surface area (TPSA) is 28.4 Å². The van der Waals surface area contributed by atoms with Gasteiger partial charge in [-0.15, -0.1) is 0 Å². The highest BCUT2D eigenvalue weighted by atomic mass is 16.3. The summed E-state index contributed by atoms with van der Waals surface area (Å²) in [5, 5.41) is 3.38. The van der Waals surface area contributed by atoms with E-state index in [1.807, 2.05) is 6.26 Å². The number of hydrogen-bond donors (Lipinski definition) is 1. The van der Waals surface area contributed by atoms with Crippen LogP contribution in [0.3, 0.4) is 0 Å². The highest BCUT2D eigenvalue weighted by Gasteiger charge is 2.23. The van der Waals surface area contributed by atoms with Crippen LogP contribution in [0.4, 0.5) is 0 Å². The Morgan fingerprint density at radius 2 is 2.16 bits per heavy atom. The third-order valence-corrected chi connectivity index (χ3v) is 4.20. The maximum atomic E-state index is 5.68. The van der Waals surface area contributed by atoms with Gasteiger partial charge in [-0.2, -0.15) is 0 Å². The van der Waals surface area contributed by atoms with Crippen LogP contribution in [0.1, 0.15) is 51.4 Å². The van der Waals surface area contributed by atoms with E-state index in [-0.39, 0.29) is 0 Å². The molecule has 1 aromatic rings. The molecule has 0 bridgehead atoms. The predicted molar refractivity (Wildman–Crippen MR) is 79.0 cm³/mol. The molecular formula is C16H28N2O. The van der Waals surface area contributed by atoms with E-state index in [1.54, 1.807) is 0 Å². The number of nitrogens with one attached hydrogen (secondary N) is 1. The van der Waals surface area contributed by atoms with Crippen LogP contribution in [0, 0.1) is 5.41 Å². The lowest BCUT2D eigenvalue weighted by Crippen LogP contribution is -2.25. The fraction of sp³-hybridized carbons (Fsp3) is 0.750. The fourth-order valence-electron chi connectivity index (χ4n) is 2.76. The summed E-state index contributed by atoms with van der Waals surface area (Å²) in [5.41, 5.74) is 1.81. The first-order valence-electron chi connectivity index (χ1n) is 7.59. The Hall–Kier alpha value is -0.800. The second kappa shape index (κ2) is 6.58. The molecule has 3 heteroatoms. The third kappa shape index (κ3) is 4.36. The summed E-state index contributed by atoms with van der Waals surface area (Å²) < 4.78 is 5.68. The van der Waals surface area contributed by atoms with Crippen LogP contribution in [0.15, 0.2) is 16.7 Å². The van der Waals surface area contributed by atoms with Crippen LogP contribution in [0.25, 0.3) is 0 Å². The largest absolute Gasteiger partial charge is 0.468 e. The maximum absolute atomic E-state index is 5.68. The normalized spacial score (nSPS) is 20.4. The first-order valence-corrected chi connectivity index (χ1v) is 7.59. The molecule has 1 aliphatic rings. The highest BCUT2D eigenvalue weighted by Crippen LogP contribution is 2.30. The van der Waals surface area contributed by atoms with Crippen molar-refractivity contribution in [2.45, 2.75) is 53.1 Å². The van der Waals surface area contributed by atoms with Crippen molar-refractivity contribution < 1.29 is 4.42 Å². The van der Waals surface area contributed by atoms with E-state index >= 15 is 0 Å². The van der Waals surface area contributed by atoms with Crippen molar-refractivity contribution in [1.82, 2.24) is 10.2 Å². The number of rotatable bonds is 5. The molecule has 1 saturated heterocycles. The Kier molecular flexibility index (Phi) is 5.06. The van der Waals surface area contributed by atoms with Crippen molar-refractivity contribution in [2.24, 2.45) is 5.41 Å².